The maximum atomic E-state index is 11.9. The van der Waals surface area contributed by atoms with E-state index in [1.165, 1.54) is 21.0 Å². The van der Waals surface area contributed by atoms with Crippen molar-refractivity contribution >= 4 is 23.5 Å². The van der Waals surface area contributed by atoms with Gasteiger partial charge in [-0.3, -0.25) is 9.59 Å². The van der Waals surface area contributed by atoms with Crippen molar-refractivity contribution in [2.24, 2.45) is 5.10 Å². The molecule has 1 aliphatic rings. The molecule has 2 amide bonds. The Balaban J connectivity index is 2.81. The summed E-state index contributed by atoms with van der Waals surface area (Å²) >= 11 is 0. The van der Waals surface area contributed by atoms with Crippen LogP contribution in [0.1, 0.15) is 19.8 Å². The first kappa shape index (κ1) is 13.1. The number of aliphatic carboxylic acids is 1. The van der Waals surface area contributed by atoms with Gasteiger partial charge in [-0.05, 0) is 6.92 Å². The predicted octanol–water partition coefficient (Wildman–Crippen LogP) is -0.474. The fourth-order valence-corrected chi connectivity index (χ4v) is 1.37. The summed E-state index contributed by atoms with van der Waals surface area (Å²) in [6.07, 6.45) is 0.467. The molecule has 94 valence electrons. The average Bonchev–Trinajstić information content (AvgIpc) is 2.29. The normalized spacial score (nSPS) is 17.5. The van der Waals surface area contributed by atoms with Crippen molar-refractivity contribution < 1.29 is 19.5 Å². The number of amides is 2. The van der Waals surface area contributed by atoms with Gasteiger partial charge in [0, 0.05) is 26.9 Å². The molecule has 0 aromatic heterocycles. The zero-order chi connectivity index (χ0) is 13.2. The molecule has 0 saturated heterocycles. The van der Waals surface area contributed by atoms with Crippen LogP contribution in [0.2, 0.25) is 0 Å². The maximum absolute atomic E-state index is 11.9. The highest BCUT2D eigenvalue weighted by molar-refractivity contribution is 6.39. The maximum Gasteiger partial charge on any atom is 0.326 e. The summed E-state index contributed by atoms with van der Waals surface area (Å²) < 4.78 is 0. The first-order valence-electron chi connectivity index (χ1n) is 5.18. The number of rotatable bonds is 3. The van der Waals surface area contributed by atoms with Crippen molar-refractivity contribution in [2.75, 3.05) is 14.1 Å². The molecule has 0 radical (unpaired) electrons. The van der Waals surface area contributed by atoms with Crippen LogP contribution in [-0.2, 0) is 14.4 Å². The number of nitrogens with zero attached hydrogens (tertiary/aromatic N) is 3. The van der Waals surface area contributed by atoms with Crippen molar-refractivity contribution in [1.29, 1.82) is 0 Å². The third kappa shape index (κ3) is 2.80. The summed E-state index contributed by atoms with van der Waals surface area (Å²) in [5.74, 6) is -1.70. The summed E-state index contributed by atoms with van der Waals surface area (Å²) in [4.78, 5) is 34.9. The van der Waals surface area contributed by atoms with Crippen molar-refractivity contribution in [1.82, 2.24) is 9.91 Å². The van der Waals surface area contributed by atoms with Crippen LogP contribution in [0.5, 0.6) is 0 Å². The third-order valence-corrected chi connectivity index (χ3v) is 2.71. The molecule has 1 unspecified atom stereocenters. The van der Waals surface area contributed by atoms with Crippen molar-refractivity contribution in [3.05, 3.63) is 0 Å². The molecule has 17 heavy (non-hydrogen) atoms. The Morgan fingerprint density at radius 2 is 2.06 bits per heavy atom. The van der Waals surface area contributed by atoms with Crippen molar-refractivity contribution in [3.63, 3.8) is 0 Å². The fourth-order valence-electron chi connectivity index (χ4n) is 1.37. The number of likely N-dealkylation sites (N-methyl/N-ethyl adjacent to an activating group) is 1. The van der Waals surface area contributed by atoms with Crippen LogP contribution >= 0.6 is 0 Å². The summed E-state index contributed by atoms with van der Waals surface area (Å²) in [6, 6.07) is -0.923. The lowest BCUT2D eigenvalue weighted by atomic mass is 10.1. The molecule has 1 rings (SSSR count). The Morgan fingerprint density at radius 1 is 1.47 bits per heavy atom. The number of hydrazone groups is 1. The number of hydrogen-bond donors (Lipinski definition) is 1. The Morgan fingerprint density at radius 3 is 2.53 bits per heavy atom. The molecular formula is C10H15N3O4. The molecule has 0 spiro atoms. The first-order valence-corrected chi connectivity index (χ1v) is 5.18. The molecule has 7 nitrogen and oxygen atoms in total. The zero-order valence-electron chi connectivity index (χ0n) is 10.0. The monoisotopic (exact) mass is 241 g/mol. The lowest BCUT2D eigenvalue weighted by Gasteiger charge is -2.25. The molecule has 7 heteroatoms. The van der Waals surface area contributed by atoms with Gasteiger partial charge in [-0.25, -0.2) is 9.80 Å². The van der Waals surface area contributed by atoms with Crippen LogP contribution in [-0.4, -0.2) is 58.6 Å². The molecule has 0 aliphatic carbocycles. The van der Waals surface area contributed by atoms with E-state index in [4.69, 9.17) is 5.11 Å². The second-order valence-corrected chi connectivity index (χ2v) is 3.89. The van der Waals surface area contributed by atoms with Crippen LogP contribution in [0.3, 0.4) is 0 Å². The second-order valence-electron chi connectivity index (χ2n) is 3.89. The van der Waals surface area contributed by atoms with E-state index < -0.39 is 17.9 Å². The molecular weight excluding hydrogens is 226 g/mol. The smallest absolute Gasteiger partial charge is 0.326 e. The van der Waals surface area contributed by atoms with Crippen LogP contribution in [0, 0.1) is 0 Å². The van der Waals surface area contributed by atoms with Gasteiger partial charge in [0.1, 0.15) is 11.8 Å². The van der Waals surface area contributed by atoms with Gasteiger partial charge in [0.2, 0.25) is 5.91 Å². The minimum absolute atomic E-state index is 0.157. The van der Waals surface area contributed by atoms with Crippen LogP contribution < -0.4 is 0 Å². The topological polar surface area (TPSA) is 90.3 Å². The number of carboxylic acids is 1. The lowest BCUT2D eigenvalue weighted by Crippen LogP contribution is -2.45. The van der Waals surface area contributed by atoms with Gasteiger partial charge in [-0.1, -0.05) is 0 Å². The minimum Gasteiger partial charge on any atom is -0.480 e. The molecule has 1 atom stereocenters. The Bertz CT molecular complexity index is 391. The molecule has 1 N–H and O–H groups in total. The molecule has 0 saturated carbocycles. The summed E-state index contributed by atoms with van der Waals surface area (Å²) in [5.41, 5.74) is 0.211. The highest BCUT2D eigenvalue weighted by atomic mass is 16.4. The van der Waals surface area contributed by atoms with Crippen LogP contribution in [0.15, 0.2) is 5.10 Å². The van der Waals surface area contributed by atoms with Gasteiger partial charge in [-0.2, -0.15) is 5.10 Å². The van der Waals surface area contributed by atoms with Gasteiger partial charge >= 0.3 is 5.97 Å². The van der Waals surface area contributed by atoms with Crippen molar-refractivity contribution in [3.8, 4) is 0 Å². The first-order chi connectivity index (χ1) is 7.84. The van der Waals surface area contributed by atoms with Gasteiger partial charge in [0.25, 0.3) is 5.91 Å². The van der Waals surface area contributed by atoms with Crippen LogP contribution in [0.25, 0.3) is 0 Å². The van der Waals surface area contributed by atoms with E-state index >= 15 is 0 Å². The van der Waals surface area contributed by atoms with Crippen LogP contribution in [0.4, 0.5) is 0 Å². The van der Waals surface area contributed by atoms with E-state index in [0.29, 0.717) is 0 Å². The fraction of sp³-hybridized carbons (Fsp3) is 0.600. The minimum atomic E-state index is -1.08. The number of hydrogen-bond acceptors (Lipinski definition) is 4. The molecule has 0 aromatic carbocycles. The standard InChI is InChI=1S/C10H15N3O4/c1-6(10(16)17)12(2)9(15)7-4-5-8(14)13(3)11-7/h6H,4-5H2,1-3H3,(H,16,17). The largest absolute Gasteiger partial charge is 0.480 e. The molecule has 0 aromatic rings. The van der Waals surface area contributed by atoms with E-state index in [0.717, 1.165) is 9.91 Å². The quantitative estimate of drug-likeness (QED) is 0.723. The lowest BCUT2D eigenvalue weighted by molar-refractivity contribution is -0.146. The van der Waals surface area contributed by atoms with Gasteiger partial charge in [0.15, 0.2) is 0 Å². The second kappa shape index (κ2) is 4.94. The highest BCUT2D eigenvalue weighted by Crippen LogP contribution is 2.10. The molecule has 1 heterocycles. The molecule has 0 bridgehead atoms. The van der Waals surface area contributed by atoms with E-state index in [1.54, 1.807) is 0 Å². The third-order valence-electron chi connectivity index (χ3n) is 2.71. The SMILES string of the molecule is CC(C(=O)O)N(C)C(=O)C1=NN(C)C(=O)CC1. The molecule has 1 aliphatic heterocycles. The van der Waals surface area contributed by atoms with Gasteiger partial charge in [0.05, 0.1) is 0 Å². The van der Waals surface area contributed by atoms with E-state index in [2.05, 4.69) is 5.10 Å². The summed E-state index contributed by atoms with van der Waals surface area (Å²) in [5, 5.41) is 13.7. The van der Waals surface area contributed by atoms with E-state index in [-0.39, 0.29) is 24.5 Å². The predicted molar refractivity (Wildman–Crippen MR) is 59.3 cm³/mol. The number of carbonyl (C=O) groups is 3. The van der Waals surface area contributed by atoms with Gasteiger partial charge in [-0.15, -0.1) is 0 Å². The average molecular weight is 241 g/mol. The highest BCUT2D eigenvalue weighted by Gasteiger charge is 2.28. The molecule has 0 fully saturated rings. The Kier molecular flexibility index (Phi) is 3.82. The zero-order valence-corrected chi connectivity index (χ0v) is 10.0. The summed E-state index contributed by atoms with van der Waals surface area (Å²) in [6.45, 7) is 1.42. The van der Waals surface area contributed by atoms with Crippen molar-refractivity contribution in [2.45, 2.75) is 25.8 Å². The van der Waals surface area contributed by atoms with Gasteiger partial charge < -0.3 is 10.0 Å². The van der Waals surface area contributed by atoms with E-state index in [9.17, 15) is 14.4 Å². The summed E-state index contributed by atoms with van der Waals surface area (Å²) in [7, 11) is 2.87. The Labute approximate surface area is 98.7 Å². The van der Waals surface area contributed by atoms with E-state index in [1.807, 2.05) is 0 Å². The number of carbonyl (C=O) groups excluding carboxylic acids is 2. The number of carboxylic acid groups (broad SMARTS) is 1. The Hall–Kier alpha value is -1.92.